The quantitative estimate of drug-likeness (QED) is 0.684. The Balaban J connectivity index is 1.57. The van der Waals surface area contributed by atoms with E-state index in [4.69, 9.17) is 11.6 Å². The third-order valence-corrected chi connectivity index (χ3v) is 5.66. The Morgan fingerprint density at radius 3 is 2.77 bits per heavy atom. The van der Waals surface area contributed by atoms with E-state index in [1.165, 1.54) is 11.3 Å². The molecule has 0 saturated heterocycles. The second-order valence-electron chi connectivity index (χ2n) is 6.22. The Morgan fingerprint density at radius 1 is 1.31 bits per heavy atom. The van der Waals surface area contributed by atoms with Gasteiger partial charge in [-0.1, -0.05) is 29.8 Å². The number of hydrogen-bond donors (Lipinski definition) is 1. The predicted molar refractivity (Wildman–Crippen MR) is 106 cm³/mol. The molecule has 0 spiro atoms. The third kappa shape index (κ3) is 4.31. The number of aromatic nitrogens is 3. The maximum atomic E-state index is 12.2. The smallest absolute Gasteiger partial charge is 0.226 e. The van der Waals surface area contributed by atoms with Crippen LogP contribution < -0.4 is 5.32 Å². The Bertz CT molecular complexity index is 932. The highest BCUT2D eigenvalue weighted by Crippen LogP contribution is 2.25. The first-order chi connectivity index (χ1) is 12.4. The summed E-state index contributed by atoms with van der Waals surface area (Å²) in [5, 5.41) is 8.64. The van der Waals surface area contributed by atoms with Crippen molar-refractivity contribution in [3.05, 3.63) is 62.9 Å². The molecule has 0 atom stereocenters. The molecule has 0 aliphatic heterocycles. The van der Waals surface area contributed by atoms with E-state index in [1.807, 2.05) is 49.8 Å². The zero-order valence-electron chi connectivity index (χ0n) is 15.0. The first kappa shape index (κ1) is 18.6. The van der Waals surface area contributed by atoms with Gasteiger partial charge in [-0.2, -0.15) is 5.10 Å². The van der Waals surface area contributed by atoms with Gasteiger partial charge in [0, 0.05) is 41.7 Å². The molecule has 1 N–H and O–H groups in total. The lowest BCUT2D eigenvalue weighted by molar-refractivity contribution is -0.116. The Labute approximate surface area is 162 Å². The van der Waals surface area contributed by atoms with Crippen molar-refractivity contribution in [3.8, 4) is 0 Å². The van der Waals surface area contributed by atoms with E-state index in [-0.39, 0.29) is 5.91 Å². The number of hydrogen-bond acceptors (Lipinski definition) is 4. The van der Waals surface area contributed by atoms with Gasteiger partial charge >= 0.3 is 0 Å². The van der Waals surface area contributed by atoms with Crippen molar-refractivity contribution < 1.29 is 4.79 Å². The van der Waals surface area contributed by atoms with Crippen LogP contribution in [0.4, 0.5) is 5.13 Å². The average molecular weight is 389 g/mol. The van der Waals surface area contributed by atoms with Crippen LogP contribution >= 0.6 is 22.9 Å². The van der Waals surface area contributed by atoms with E-state index >= 15 is 0 Å². The van der Waals surface area contributed by atoms with Crippen molar-refractivity contribution >= 4 is 34.0 Å². The van der Waals surface area contributed by atoms with Crippen LogP contribution in [0.3, 0.4) is 0 Å². The Hall–Kier alpha value is -2.18. The minimum absolute atomic E-state index is 0.0358. The molecule has 2 aromatic heterocycles. The minimum Gasteiger partial charge on any atom is -0.302 e. The highest BCUT2D eigenvalue weighted by molar-refractivity contribution is 7.15. The molecule has 0 fully saturated rings. The van der Waals surface area contributed by atoms with Gasteiger partial charge in [0.15, 0.2) is 5.13 Å². The molecule has 0 saturated carbocycles. The average Bonchev–Trinajstić information content (AvgIpc) is 3.13. The summed E-state index contributed by atoms with van der Waals surface area (Å²) in [6.07, 6.45) is 3.59. The molecule has 0 unspecified atom stereocenters. The zero-order chi connectivity index (χ0) is 18.7. The molecule has 0 radical (unpaired) electrons. The fourth-order valence-electron chi connectivity index (χ4n) is 2.88. The molecule has 1 aromatic carbocycles. The van der Waals surface area contributed by atoms with Crippen molar-refractivity contribution in [3.63, 3.8) is 0 Å². The SMILES string of the molecule is Cc1nn(C)c(C)c1CCC(=O)Nc1ncc(Cc2ccccc2Cl)s1. The minimum atomic E-state index is -0.0358. The molecule has 7 heteroatoms. The van der Waals surface area contributed by atoms with E-state index in [0.29, 0.717) is 24.4 Å². The van der Waals surface area contributed by atoms with E-state index in [9.17, 15) is 4.79 Å². The molecular weight excluding hydrogens is 368 g/mol. The lowest BCUT2D eigenvalue weighted by Gasteiger charge is -2.03. The number of halogens is 1. The van der Waals surface area contributed by atoms with Crippen LogP contribution in [0.1, 0.15) is 33.8 Å². The summed E-state index contributed by atoms with van der Waals surface area (Å²) >= 11 is 7.68. The van der Waals surface area contributed by atoms with Gasteiger partial charge in [-0.25, -0.2) is 4.98 Å². The van der Waals surface area contributed by atoms with E-state index in [0.717, 1.165) is 32.4 Å². The number of anilines is 1. The maximum Gasteiger partial charge on any atom is 0.226 e. The number of carbonyl (C=O) groups excluding carboxylic acids is 1. The zero-order valence-corrected chi connectivity index (χ0v) is 16.6. The van der Waals surface area contributed by atoms with Gasteiger partial charge in [0.1, 0.15) is 0 Å². The van der Waals surface area contributed by atoms with E-state index < -0.39 is 0 Å². The van der Waals surface area contributed by atoms with Crippen LogP contribution in [0.2, 0.25) is 5.02 Å². The summed E-state index contributed by atoms with van der Waals surface area (Å²) < 4.78 is 1.85. The van der Waals surface area contributed by atoms with Crippen LogP contribution in [-0.2, 0) is 24.7 Å². The summed E-state index contributed by atoms with van der Waals surface area (Å²) in [5.74, 6) is -0.0358. The summed E-state index contributed by atoms with van der Waals surface area (Å²) in [5.41, 5.74) is 4.28. The molecular formula is C19H21ClN4OS. The molecule has 5 nitrogen and oxygen atoms in total. The summed E-state index contributed by atoms with van der Waals surface area (Å²) in [7, 11) is 1.92. The fourth-order valence-corrected chi connectivity index (χ4v) is 3.93. The fraction of sp³-hybridized carbons (Fsp3) is 0.316. The molecule has 1 amide bonds. The lowest BCUT2D eigenvalue weighted by atomic mass is 10.1. The molecule has 3 rings (SSSR count). The number of nitrogens with one attached hydrogen (secondary N) is 1. The number of amides is 1. The molecule has 0 aliphatic carbocycles. The van der Waals surface area contributed by atoms with Crippen LogP contribution in [0.25, 0.3) is 0 Å². The standard InChI is InChI=1S/C19H21ClN4OS/c1-12-16(13(2)24(3)23-12)8-9-18(25)22-19-21-11-15(26-19)10-14-6-4-5-7-17(14)20/h4-7,11H,8-10H2,1-3H3,(H,21,22,25). The highest BCUT2D eigenvalue weighted by atomic mass is 35.5. The second kappa shape index (κ2) is 8.01. The number of nitrogens with zero attached hydrogens (tertiary/aromatic N) is 3. The molecule has 26 heavy (non-hydrogen) atoms. The lowest BCUT2D eigenvalue weighted by Crippen LogP contribution is -2.12. The molecule has 0 bridgehead atoms. The third-order valence-electron chi connectivity index (χ3n) is 4.38. The molecule has 2 heterocycles. The van der Waals surface area contributed by atoms with Crippen LogP contribution in [-0.4, -0.2) is 20.7 Å². The van der Waals surface area contributed by atoms with Gasteiger partial charge in [0.2, 0.25) is 5.91 Å². The second-order valence-corrected chi connectivity index (χ2v) is 7.74. The van der Waals surface area contributed by atoms with Crippen molar-refractivity contribution in [1.29, 1.82) is 0 Å². The summed E-state index contributed by atoms with van der Waals surface area (Å²) in [6, 6.07) is 7.76. The van der Waals surface area contributed by atoms with E-state index in [1.54, 1.807) is 6.20 Å². The van der Waals surface area contributed by atoms with Crippen LogP contribution in [0.5, 0.6) is 0 Å². The van der Waals surface area contributed by atoms with Crippen LogP contribution in [0, 0.1) is 13.8 Å². The molecule has 0 aliphatic rings. The normalized spacial score (nSPS) is 10.9. The molecule has 136 valence electrons. The number of aryl methyl sites for hydroxylation is 2. The van der Waals surface area contributed by atoms with Gasteiger partial charge in [0.25, 0.3) is 0 Å². The van der Waals surface area contributed by atoms with Crippen LogP contribution in [0.15, 0.2) is 30.5 Å². The van der Waals surface area contributed by atoms with Crippen molar-refractivity contribution in [2.24, 2.45) is 7.05 Å². The van der Waals surface area contributed by atoms with Gasteiger partial charge < -0.3 is 5.32 Å². The topological polar surface area (TPSA) is 59.8 Å². The monoisotopic (exact) mass is 388 g/mol. The van der Waals surface area contributed by atoms with E-state index in [2.05, 4.69) is 15.4 Å². The van der Waals surface area contributed by atoms with Gasteiger partial charge in [-0.3, -0.25) is 9.48 Å². The summed E-state index contributed by atoms with van der Waals surface area (Å²) in [4.78, 5) is 17.6. The number of carbonyl (C=O) groups is 1. The number of benzene rings is 1. The number of rotatable bonds is 6. The van der Waals surface area contributed by atoms with Crippen molar-refractivity contribution in [2.75, 3.05) is 5.32 Å². The predicted octanol–water partition coefficient (Wildman–Crippen LogP) is 4.31. The van der Waals surface area contributed by atoms with Crippen molar-refractivity contribution in [1.82, 2.24) is 14.8 Å². The maximum absolute atomic E-state index is 12.2. The summed E-state index contributed by atoms with van der Waals surface area (Å²) in [6.45, 7) is 4.00. The first-order valence-corrected chi connectivity index (χ1v) is 9.60. The van der Waals surface area contributed by atoms with Gasteiger partial charge in [-0.15, -0.1) is 11.3 Å². The van der Waals surface area contributed by atoms with Gasteiger partial charge in [0.05, 0.1) is 5.69 Å². The molecule has 3 aromatic rings. The van der Waals surface area contributed by atoms with Crippen molar-refractivity contribution in [2.45, 2.75) is 33.1 Å². The Kier molecular flexibility index (Phi) is 5.74. The first-order valence-electron chi connectivity index (χ1n) is 8.41. The Morgan fingerprint density at radius 2 is 2.08 bits per heavy atom. The largest absolute Gasteiger partial charge is 0.302 e. The van der Waals surface area contributed by atoms with Gasteiger partial charge in [-0.05, 0) is 37.5 Å². The highest BCUT2D eigenvalue weighted by Gasteiger charge is 2.13. The number of thiazole rings is 1.